The first-order chi connectivity index (χ1) is 15.3. The van der Waals surface area contributed by atoms with E-state index in [0.717, 1.165) is 49.7 Å². The van der Waals surface area contributed by atoms with Crippen LogP contribution in [0.25, 0.3) is 55.1 Å². The highest BCUT2D eigenvalue weighted by Crippen LogP contribution is 2.41. The summed E-state index contributed by atoms with van der Waals surface area (Å²) in [5.41, 5.74) is 5.72. The first-order valence-electron chi connectivity index (χ1n) is 10.1. The van der Waals surface area contributed by atoms with E-state index in [9.17, 15) is 5.26 Å². The van der Waals surface area contributed by atoms with Crippen LogP contribution in [-0.4, -0.2) is 4.98 Å². The Bertz CT molecular complexity index is 1640. The largest absolute Gasteiger partial charge is 0.455 e. The monoisotopic (exact) mass is 396 g/mol. The summed E-state index contributed by atoms with van der Waals surface area (Å²) in [6, 6.07) is 32.7. The summed E-state index contributed by atoms with van der Waals surface area (Å²) in [5.74, 6) is 0. The second kappa shape index (κ2) is 6.83. The van der Waals surface area contributed by atoms with Crippen molar-refractivity contribution in [1.29, 1.82) is 5.26 Å². The number of rotatable bonds is 2. The van der Waals surface area contributed by atoms with Crippen LogP contribution in [0.3, 0.4) is 0 Å². The molecule has 0 fully saturated rings. The lowest BCUT2D eigenvalue weighted by Crippen LogP contribution is -1.86. The van der Waals surface area contributed by atoms with Crippen molar-refractivity contribution in [2.45, 2.75) is 0 Å². The van der Waals surface area contributed by atoms with Crippen LogP contribution in [0.2, 0.25) is 0 Å². The van der Waals surface area contributed by atoms with Gasteiger partial charge in [0.2, 0.25) is 0 Å². The number of hydrogen-bond acceptors (Lipinski definition) is 3. The second-order valence-corrected chi connectivity index (χ2v) is 7.54. The van der Waals surface area contributed by atoms with Gasteiger partial charge >= 0.3 is 0 Å². The number of furan rings is 1. The van der Waals surface area contributed by atoms with Crippen molar-refractivity contribution < 1.29 is 4.42 Å². The molecule has 6 aromatic rings. The van der Waals surface area contributed by atoms with E-state index in [1.54, 1.807) is 6.20 Å². The van der Waals surface area contributed by atoms with Gasteiger partial charge < -0.3 is 4.42 Å². The third-order valence-electron chi connectivity index (χ3n) is 5.77. The van der Waals surface area contributed by atoms with Crippen LogP contribution < -0.4 is 0 Å². The lowest BCUT2D eigenvalue weighted by atomic mass is 9.95. The summed E-state index contributed by atoms with van der Waals surface area (Å²) >= 11 is 0. The number of aromatic nitrogens is 1. The van der Waals surface area contributed by atoms with Crippen LogP contribution in [0.15, 0.2) is 102 Å². The Labute approximate surface area is 178 Å². The highest BCUT2D eigenvalue weighted by molar-refractivity contribution is 6.14. The minimum Gasteiger partial charge on any atom is -0.455 e. The molecule has 4 aromatic carbocycles. The number of hydrogen-bond donors (Lipinski definition) is 0. The van der Waals surface area contributed by atoms with Gasteiger partial charge in [0.05, 0.1) is 17.3 Å². The molecule has 0 spiro atoms. The molecule has 3 heteroatoms. The predicted octanol–water partition coefficient (Wildman–Crippen LogP) is 7.34. The van der Waals surface area contributed by atoms with Crippen LogP contribution in [0.5, 0.6) is 0 Å². The quantitative estimate of drug-likeness (QED) is 0.308. The first-order valence-corrected chi connectivity index (χ1v) is 10.1. The van der Waals surface area contributed by atoms with Gasteiger partial charge in [-0.05, 0) is 52.7 Å². The van der Waals surface area contributed by atoms with Crippen LogP contribution in [0.1, 0.15) is 5.56 Å². The van der Waals surface area contributed by atoms with Crippen molar-refractivity contribution >= 4 is 32.7 Å². The Morgan fingerprint density at radius 3 is 2.39 bits per heavy atom. The van der Waals surface area contributed by atoms with E-state index in [4.69, 9.17) is 4.42 Å². The van der Waals surface area contributed by atoms with E-state index in [0.29, 0.717) is 5.56 Å². The van der Waals surface area contributed by atoms with Crippen LogP contribution >= 0.6 is 0 Å². The summed E-state index contributed by atoms with van der Waals surface area (Å²) in [6.07, 6.45) is 1.78. The molecule has 0 saturated heterocycles. The highest BCUT2D eigenvalue weighted by Gasteiger charge is 2.19. The summed E-state index contributed by atoms with van der Waals surface area (Å²) < 4.78 is 6.49. The van der Waals surface area contributed by atoms with Gasteiger partial charge in [-0.15, -0.1) is 0 Å². The summed E-state index contributed by atoms with van der Waals surface area (Å²) in [7, 11) is 0. The second-order valence-electron chi connectivity index (χ2n) is 7.54. The lowest BCUT2D eigenvalue weighted by Gasteiger charge is -2.07. The fraction of sp³-hybridized carbons (Fsp3) is 0. The molecular weight excluding hydrogens is 380 g/mol. The molecule has 3 nitrogen and oxygen atoms in total. The van der Waals surface area contributed by atoms with Crippen molar-refractivity contribution in [2.75, 3.05) is 0 Å². The Kier molecular flexibility index (Phi) is 3.84. The van der Waals surface area contributed by atoms with E-state index < -0.39 is 0 Å². The van der Waals surface area contributed by atoms with Crippen molar-refractivity contribution in [1.82, 2.24) is 4.98 Å². The molecule has 0 unspecified atom stereocenters. The normalized spacial score (nSPS) is 11.2. The Morgan fingerprint density at radius 1 is 0.710 bits per heavy atom. The van der Waals surface area contributed by atoms with E-state index in [-0.39, 0.29) is 0 Å². The fourth-order valence-electron chi connectivity index (χ4n) is 4.31. The van der Waals surface area contributed by atoms with E-state index in [1.165, 1.54) is 5.39 Å². The van der Waals surface area contributed by atoms with Gasteiger partial charge in [0.15, 0.2) is 0 Å². The van der Waals surface area contributed by atoms with E-state index >= 15 is 0 Å². The molecule has 144 valence electrons. The van der Waals surface area contributed by atoms with Crippen molar-refractivity contribution in [3.63, 3.8) is 0 Å². The molecule has 31 heavy (non-hydrogen) atoms. The van der Waals surface area contributed by atoms with Gasteiger partial charge in [-0.25, -0.2) is 0 Å². The van der Waals surface area contributed by atoms with Crippen molar-refractivity contribution in [2.24, 2.45) is 0 Å². The number of nitriles is 1. The highest BCUT2D eigenvalue weighted by atomic mass is 16.3. The zero-order valence-corrected chi connectivity index (χ0v) is 16.5. The van der Waals surface area contributed by atoms with Gasteiger partial charge in [-0.3, -0.25) is 4.98 Å². The molecule has 6 rings (SSSR count). The topological polar surface area (TPSA) is 49.8 Å². The zero-order chi connectivity index (χ0) is 20.8. The van der Waals surface area contributed by atoms with E-state index in [2.05, 4.69) is 47.5 Å². The number of benzene rings is 4. The van der Waals surface area contributed by atoms with Crippen LogP contribution in [0.4, 0.5) is 0 Å². The molecule has 2 heterocycles. The first kappa shape index (κ1) is 17.4. The smallest absolute Gasteiger partial charge is 0.144 e. The molecule has 0 atom stereocenters. The number of pyridine rings is 1. The summed E-state index contributed by atoms with van der Waals surface area (Å²) in [6.45, 7) is 0. The average Bonchev–Trinajstić information content (AvgIpc) is 3.22. The molecule has 0 aliphatic carbocycles. The number of nitrogens with zero attached hydrogens (tertiary/aromatic N) is 2. The molecule has 0 amide bonds. The third kappa shape index (κ3) is 2.70. The minimum atomic E-state index is 0.598. The molecule has 2 aromatic heterocycles. The fourth-order valence-corrected chi connectivity index (χ4v) is 4.31. The predicted molar refractivity (Wildman–Crippen MR) is 125 cm³/mol. The zero-order valence-electron chi connectivity index (χ0n) is 16.5. The SMILES string of the molecule is N#Cc1ccc2c(oc3c(-c4ccccn4)cccc32)c1-c1ccc2ccccc2c1. The molecule has 0 radical (unpaired) electrons. The van der Waals surface area contributed by atoms with Gasteiger partial charge in [-0.1, -0.05) is 54.6 Å². The number of fused-ring (bicyclic) bond motifs is 4. The lowest BCUT2D eigenvalue weighted by molar-refractivity contribution is 0.670. The standard InChI is InChI=1S/C28H16N2O/c29-17-21-13-14-23-22-8-5-9-24(25-10-3-4-15-30-25)27(22)31-28(23)26(21)20-12-11-18-6-1-2-7-19(18)16-20/h1-16H. The van der Waals surface area contributed by atoms with Gasteiger partial charge in [0, 0.05) is 28.1 Å². The van der Waals surface area contributed by atoms with Crippen LogP contribution in [-0.2, 0) is 0 Å². The maximum Gasteiger partial charge on any atom is 0.144 e. The van der Waals surface area contributed by atoms with Gasteiger partial charge in [-0.2, -0.15) is 5.26 Å². The van der Waals surface area contributed by atoms with E-state index in [1.807, 2.05) is 54.6 Å². The molecule has 0 N–H and O–H groups in total. The maximum atomic E-state index is 9.86. The Balaban J connectivity index is 1.70. The molecule has 0 bridgehead atoms. The van der Waals surface area contributed by atoms with Gasteiger partial charge in [0.25, 0.3) is 0 Å². The summed E-state index contributed by atoms with van der Waals surface area (Å²) in [4.78, 5) is 4.51. The minimum absolute atomic E-state index is 0.598. The molecule has 0 aliphatic heterocycles. The maximum absolute atomic E-state index is 9.86. The Hall–Kier alpha value is -4.42. The average molecular weight is 396 g/mol. The summed E-state index contributed by atoms with van der Waals surface area (Å²) in [5, 5.41) is 14.2. The molecule has 0 aliphatic rings. The number of para-hydroxylation sites is 1. The van der Waals surface area contributed by atoms with Crippen LogP contribution in [0, 0.1) is 11.3 Å². The Morgan fingerprint density at radius 2 is 1.55 bits per heavy atom. The van der Waals surface area contributed by atoms with Crippen molar-refractivity contribution in [3.8, 4) is 28.5 Å². The molecular formula is C28H16N2O. The molecule has 0 saturated carbocycles. The van der Waals surface area contributed by atoms with Gasteiger partial charge in [0.1, 0.15) is 11.2 Å². The van der Waals surface area contributed by atoms with Crippen molar-refractivity contribution in [3.05, 3.63) is 103 Å². The third-order valence-corrected chi connectivity index (χ3v) is 5.77.